The molecule has 0 saturated heterocycles. The number of halogens is 1. The van der Waals surface area contributed by atoms with Crippen LogP contribution >= 0.6 is 35.3 Å². The third kappa shape index (κ3) is 7.78. The van der Waals surface area contributed by atoms with E-state index in [1.165, 1.54) is 4.31 Å². The number of rotatable bonds is 9. The van der Waals surface area contributed by atoms with Crippen LogP contribution in [0.25, 0.3) is 0 Å². The van der Waals surface area contributed by atoms with Crippen molar-refractivity contribution < 1.29 is 8.42 Å². The molecule has 0 spiro atoms. The van der Waals surface area contributed by atoms with Gasteiger partial charge in [0.25, 0.3) is 0 Å². The molecule has 0 saturated carbocycles. The molecule has 168 valence electrons. The van der Waals surface area contributed by atoms with E-state index in [0.29, 0.717) is 11.4 Å². The Morgan fingerprint density at radius 1 is 1.23 bits per heavy atom. The second-order valence-electron chi connectivity index (χ2n) is 6.99. The maximum Gasteiger partial charge on any atom is 0.243 e. The van der Waals surface area contributed by atoms with Crippen molar-refractivity contribution in [1.29, 1.82) is 0 Å². The number of aliphatic imine (C=N–C) groups is 1. The van der Waals surface area contributed by atoms with Crippen LogP contribution in [0.15, 0.2) is 39.5 Å². The first-order valence-electron chi connectivity index (χ1n) is 9.74. The molecule has 0 fully saturated rings. The zero-order valence-electron chi connectivity index (χ0n) is 18.2. The fourth-order valence-corrected chi connectivity index (χ4v) is 4.57. The molecule has 0 amide bonds. The molecule has 0 bridgehead atoms. The average Bonchev–Trinajstić information content (AvgIpc) is 3.10. The highest BCUT2D eigenvalue weighted by molar-refractivity contribution is 14.0. The number of sulfonamides is 1. The van der Waals surface area contributed by atoms with E-state index in [0.717, 1.165) is 41.7 Å². The molecular formula is C20H32IN5O2S2. The molecule has 1 aromatic carbocycles. The quantitative estimate of drug-likeness (QED) is 0.277. The molecule has 0 unspecified atom stereocenters. The van der Waals surface area contributed by atoms with Crippen LogP contribution in [0.1, 0.15) is 37.0 Å². The average molecular weight is 566 g/mol. The summed E-state index contributed by atoms with van der Waals surface area (Å²) in [7, 11) is -1.87. The van der Waals surface area contributed by atoms with Gasteiger partial charge in [-0.15, -0.1) is 35.3 Å². The van der Waals surface area contributed by atoms with Crippen LogP contribution < -0.4 is 10.6 Å². The van der Waals surface area contributed by atoms with Gasteiger partial charge in [-0.3, -0.25) is 0 Å². The molecule has 0 radical (unpaired) electrons. The number of nitrogens with zero attached hydrogens (tertiary/aromatic N) is 3. The van der Waals surface area contributed by atoms with Crippen molar-refractivity contribution in [3.8, 4) is 0 Å². The van der Waals surface area contributed by atoms with Crippen molar-refractivity contribution in [1.82, 2.24) is 19.9 Å². The molecule has 7 nitrogen and oxygen atoms in total. The van der Waals surface area contributed by atoms with Gasteiger partial charge in [-0.25, -0.2) is 18.4 Å². The zero-order chi connectivity index (χ0) is 21.4. The summed E-state index contributed by atoms with van der Waals surface area (Å²) < 4.78 is 26.5. The number of nitrogens with one attached hydrogen (secondary N) is 2. The zero-order valence-corrected chi connectivity index (χ0v) is 22.1. The Morgan fingerprint density at radius 2 is 1.90 bits per heavy atom. The number of aromatic nitrogens is 1. The maximum absolute atomic E-state index is 12.5. The Bertz CT molecular complexity index is 912. The minimum atomic E-state index is -3.46. The van der Waals surface area contributed by atoms with Gasteiger partial charge in [-0.05, 0) is 45.4 Å². The lowest BCUT2D eigenvalue weighted by molar-refractivity contribution is 0.410. The monoisotopic (exact) mass is 565 g/mol. The minimum absolute atomic E-state index is 0. The number of aryl methyl sites for hydroxylation is 1. The van der Waals surface area contributed by atoms with Crippen LogP contribution in [-0.2, 0) is 23.0 Å². The van der Waals surface area contributed by atoms with Crippen LogP contribution in [0.3, 0.4) is 0 Å². The Morgan fingerprint density at radius 3 is 2.43 bits per heavy atom. The van der Waals surface area contributed by atoms with Crippen LogP contribution in [0.5, 0.6) is 0 Å². The van der Waals surface area contributed by atoms with E-state index in [1.807, 2.05) is 39.8 Å². The number of hydrogen-bond acceptors (Lipinski definition) is 5. The van der Waals surface area contributed by atoms with E-state index in [-0.39, 0.29) is 30.0 Å². The number of hydrogen-bond donors (Lipinski definition) is 2. The fourth-order valence-electron chi connectivity index (χ4n) is 2.55. The molecule has 0 aliphatic carbocycles. The van der Waals surface area contributed by atoms with Gasteiger partial charge < -0.3 is 10.6 Å². The van der Waals surface area contributed by atoms with Crippen LogP contribution in [0, 0.1) is 6.92 Å². The van der Waals surface area contributed by atoms with E-state index in [1.54, 1.807) is 30.5 Å². The molecule has 2 aromatic rings. The first-order valence-corrected chi connectivity index (χ1v) is 12.1. The van der Waals surface area contributed by atoms with Gasteiger partial charge in [0, 0.05) is 38.0 Å². The summed E-state index contributed by atoms with van der Waals surface area (Å²) in [5, 5.41) is 9.69. The van der Waals surface area contributed by atoms with E-state index < -0.39 is 10.0 Å². The third-order valence-corrected chi connectivity index (χ3v) is 7.30. The van der Waals surface area contributed by atoms with Crippen molar-refractivity contribution in [3.05, 3.63) is 45.9 Å². The summed E-state index contributed by atoms with van der Waals surface area (Å²) >= 11 is 1.66. The lowest BCUT2D eigenvalue weighted by atomic mass is 10.2. The third-order valence-electron chi connectivity index (χ3n) is 4.43. The summed E-state index contributed by atoms with van der Waals surface area (Å²) in [4.78, 5) is 9.35. The van der Waals surface area contributed by atoms with Gasteiger partial charge in [0.05, 0.1) is 22.1 Å². The van der Waals surface area contributed by atoms with Crippen LogP contribution in [0.4, 0.5) is 0 Å². The molecular weight excluding hydrogens is 533 g/mol. The SMILES string of the molecule is CCNC(=NCc1ccc(S(=O)(=O)N(C)C(C)C)cc1)NCCc1csc(C)n1.I. The van der Waals surface area contributed by atoms with Crippen molar-refractivity contribution in [2.75, 3.05) is 20.1 Å². The van der Waals surface area contributed by atoms with Crippen molar-refractivity contribution >= 4 is 51.3 Å². The summed E-state index contributed by atoms with van der Waals surface area (Å²) in [6, 6.07) is 6.82. The van der Waals surface area contributed by atoms with E-state index in [2.05, 4.69) is 26.0 Å². The standard InChI is InChI=1S/C20H31N5O2S2.HI/c1-6-21-20(22-12-11-18-14-28-16(4)24-18)23-13-17-7-9-19(10-8-17)29(26,27)25(5)15(2)3;/h7-10,14-15H,6,11-13H2,1-5H3,(H2,21,22,23);1H. The lowest BCUT2D eigenvalue weighted by Crippen LogP contribution is -2.38. The Kier molecular flexibility index (Phi) is 11.2. The molecule has 0 aliphatic rings. The van der Waals surface area contributed by atoms with E-state index in [4.69, 9.17) is 0 Å². The normalized spacial score (nSPS) is 12.2. The summed E-state index contributed by atoms with van der Waals surface area (Å²) in [6.45, 7) is 9.70. The van der Waals surface area contributed by atoms with Gasteiger partial charge in [0.1, 0.15) is 0 Å². The van der Waals surface area contributed by atoms with Crippen LogP contribution in [0.2, 0.25) is 0 Å². The second kappa shape index (κ2) is 12.6. The first kappa shape index (κ1) is 26.8. The molecule has 2 N–H and O–H groups in total. The highest BCUT2D eigenvalue weighted by Crippen LogP contribution is 2.17. The van der Waals surface area contributed by atoms with E-state index >= 15 is 0 Å². The summed E-state index contributed by atoms with van der Waals surface area (Å²) in [5.74, 6) is 0.732. The summed E-state index contributed by atoms with van der Waals surface area (Å²) in [6.07, 6.45) is 0.838. The Labute approximate surface area is 201 Å². The number of guanidine groups is 1. The van der Waals surface area contributed by atoms with Crippen molar-refractivity contribution in [3.63, 3.8) is 0 Å². The Hall–Kier alpha value is -1.24. The number of benzene rings is 1. The predicted molar refractivity (Wildman–Crippen MR) is 135 cm³/mol. The fraction of sp³-hybridized carbons (Fsp3) is 0.500. The molecule has 30 heavy (non-hydrogen) atoms. The van der Waals surface area contributed by atoms with Gasteiger partial charge in [-0.1, -0.05) is 12.1 Å². The van der Waals surface area contributed by atoms with Crippen molar-refractivity contribution in [2.45, 2.75) is 51.6 Å². The summed E-state index contributed by atoms with van der Waals surface area (Å²) in [5.41, 5.74) is 2.03. The highest BCUT2D eigenvalue weighted by Gasteiger charge is 2.22. The molecule has 1 aromatic heterocycles. The van der Waals surface area contributed by atoms with Crippen LogP contribution in [-0.4, -0.2) is 49.8 Å². The number of thiazole rings is 1. The smallest absolute Gasteiger partial charge is 0.243 e. The first-order chi connectivity index (χ1) is 13.7. The lowest BCUT2D eigenvalue weighted by Gasteiger charge is -2.21. The van der Waals surface area contributed by atoms with Gasteiger partial charge in [0.2, 0.25) is 10.0 Å². The topological polar surface area (TPSA) is 86.7 Å². The molecule has 0 aliphatic heterocycles. The largest absolute Gasteiger partial charge is 0.357 e. The van der Waals surface area contributed by atoms with E-state index in [9.17, 15) is 8.42 Å². The minimum Gasteiger partial charge on any atom is -0.357 e. The molecule has 2 rings (SSSR count). The second-order valence-corrected chi connectivity index (χ2v) is 10.0. The van der Waals surface area contributed by atoms with Gasteiger partial charge in [-0.2, -0.15) is 4.31 Å². The Balaban J connectivity index is 0.00000450. The van der Waals surface area contributed by atoms with Gasteiger partial charge in [0.15, 0.2) is 5.96 Å². The highest BCUT2D eigenvalue weighted by atomic mass is 127. The van der Waals surface area contributed by atoms with Gasteiger partial charge >= 0.3 is 0 Å². The molecule has 1 heterocycles. The molecule has 10 heteroatoms. The van der Waals surface area contributed by atoms with Crippen molar-refractivity contribution in [2.24, 2.45) is 4.99 Å². The maximum atomic E-state index is 12.5. The predicted octanol–water partition coefficient (Wildman–Crippen LogP) is 3.40. The molecule has 0 atom stereocenters.